The van der Waals surface area contributed by atoms with Gasteiger partial charge in [0.2, 0.25) is 10.0 Å². The third-order valence-corrected chi connectivity index (χ3v) is 5.21. The zero-order valence-corrected chi connectivity index (χ0v) is 13.3. The highest BCUT2D eigenvalue weighted by Gasteiger charge is 2.30. The van der Waals surface area contributed by atoms with E-state index in [-0.39, 0.29) is 4.91 Å². The summed E-state index contributed by atoms with van der Waals surface area (Å²) in [5.74, 6) is 0.428. The van der Waals surface area contributed by atoms with Gasteiger partial charge in [-0.1, -0.05) is 12.2 Å². The van der Waals surface area contributed by atoms with Crippen molar-refractivity contribution in [2.75, 3.05) is 40.3 Å². The Balaban J connectivity index is 3.15. The molecular formula is C14H24N2O3S. The van der Waals surface area contributed by atoms with Gasteiger partial charge in [-0.05, 0) is 20.0 Å². The van der Waals surface area contributed by atoms with Crippen molar-refractivity contribution in [2.45, 2.75) is 13.3 Å². The normalized spacial score (nSPS) is 19.9. The lowest BCUT2D eigenvalue weighted by molar-refractivity contribution is 0.223. The number of piperazine rings is 1. The van der Waals surface area contributed by atoms with Crippen molar-refractivity contribution in [3.63, 3.8) is 0 Å². The summed E-state index contributed by atoms with van der Waals surface area (Å²) >= 11 is 0. The molecular weight excluding hydrogens is 276 g/mol. The van der Waals surface area contributed by atoms with Crippen LogP contribution in [0.5, 0.6) is 0 Å². The molecule has 1 aliphatic rings. The van der Waals surface area contributed by atoms with Crippen LogP contribution in [0.3, 0.4) is 0 Å². The number of sulfonamides is 1. The van der Waals surface area contributed by atoms with E-state index in [1.54, 1.807) is 25.2 Å². The highest BCUT2D eigenvalue weighted by atomic mass is 32.2. The molecule has 0 aromatic heterocycles. The molecule has 6 heteroatoms. The molecule has 0 spiro atoms. The molecule has 0 amide bonds. The molecule has 1 rings (SSSR count). The first kappa shape index (κ1) is 16.9. The second-order valence-electron chi connectivity index (χ2n) is 4.69. The molecule has 1 fully saturated rings. The van der Waals surface area contributed by atoms with E-state index in [2.05, 4.69) is 11.5 Å². The maximum atomic E-state index is 12.7. The highest BCUT2D eigenvalue weighted by Crippen LogP contribution is 2.23. The van der Waals surface area contributed by atoms with Crippen molar-refractivity contribution in [3.8, 4) is 0 Å². The van der Waals surface area contributed by atoms with E-state index in [1.165, 1.54) is 11.4 Å². The van der Waals surface area contributed by atoms with Gasteiger partial charge in [-0.2, -0.15) is 4.31 Å². The Labute approximate surface area is 122 Å². The average molecular weight is 300 g/mol. The molecule has 1 aliphatic heterocycles. The van der Waals surface area contributed by atoms with Gasteiger partial charge in [0.25, 0.3) is 0 Å². The minimum absolute atomic E-state index is 0.229. The Morgan fingerprint density at radius 1 is 1.30 bits per heavy atom. The van der Waals surface area contributed by atoms with Crippen LogP contribution in [0.15, 0.2) is 35.5 Å². The summed E-state index contributed by atoms with van der Waals surface area (Å²) in [6, 6.07) is 0. The number of hydrogen-bond acceptors (Lipinski definition) is 4. The van der Waals surface area contributed by atoms with Crippen LogP contribution in [0.4, 0.5) is 0 Å². The van der Waals surface area contributed by atoms with Gasteiger partial charge in [-0.15, -0.1) is 6.58 Å². The van der Waals surface area contributed by atoms with E-state index in [0.717, 1.165) is 13.1 Å². The van der Waals surface area contributed by atoms with Crippen LogP contribution < -0.4 is 0 Å². The van der Waals surface area contributed by atoms with Crippen molar-refractivity contribution in [1.82, 2.24) is 9.21 Å². The van der Waals surface area contributed by atoms with E-state index < -0.39 is 10.0 Å². The molecule has 0 aliphatic carbocycles. The van der Waals surface area contributed by atoms with Gasteiger partial charge >= 0.3 is 0 Å². The molecule has 1 heterocycles. The fourth-order valence-corrected chi connectivity index (χ4v) is 3.74. The van der Waals surface area contributed by atoms with Gasteiger partial charge in [0.15, 0.2) is 0 Å². The number of ether oxygens (including phenoxy) is 1. The van der Waals surface area contributed by atoms with E-state index in [4.69, 9.17) is 4.74 Å². The van der Waals surface area contributed by atoms with Crippen LogP contribution >= 0.6 is 0 Å². The molecule has 114 valence electrons. The first-order valence-electron chi connectivity index (χ1n) is 6.66. The standard InChI is InChI=1S/C14H24N2O3S/c1-5-7-13(19-4)14(8-6-2)20(17,18)16-11-9-15(3)10-12-16/h5-6,8H,1,7,9-12H2,2-4H3/b8-6-,14-13-. The number of likely N-dealkylation sites (N-methyl/N-ethyl adjacent to an activating group) is 1. The number of allylic oxidation sites excluding steroid dienone is 3. The SMILES string of the molecule is C=CC/C(OC)=C(\C=C/C)S(=O)(=O)N1CCN(C)CC1. The van der Waals surface area contributed by atoms with Crippen molar-refractivity contribution in [1.29, 1.82) is 0 Å². The van der Waals surface area contributed by atoms with Crippen LogP contribution in [0, 0.1) is 0 Å². The summed E-state index contributed by atoms with van der Waals surface area (Å²) in [6.45, 7) is 7.93. The van der Waals surface area contributed by atoms with Crippen molar-refractivity contribution in [2.24, 2.45) is 0 Å². The van der Waals surface area contributed by atoms with Crippen LogP contribution in [0.1, 0.15) is 13.3 Å². The average Bonchev–Trinajstić information content (AvgIpc) is 2.43. The molecule has 0 atom stereocenters. The van der Waals surface area contributed by atoms with Crippen LogP contribution in [-0.2, 0) is 14.8 Å². The fraction of sp³-hybridized carbons (Fsp3) is 0.571. The summed E-state index contributed by atoms with van der Waals surface area (Å²) in [5.41, 5.74) is 0. The Bertz CT molecular complexity index is 487. The molecule has 0 unspecified atom stereocenters. The largest absolute Gasteiger partial charge is 0.499 e. The molecule has 0 aromatic rings. The minimum atomic E-state index is -3.52. The maximum Gasteiger partial charge on any atom is 0.246 e. The van der Waals surface area contributed by atoms with Crippen LogP contribution in [-0.4, -0.2) is 58.0 Å². The number of rotatable bonds is 6. The fourth-order valence-electron chi connectivity index (χ4n) is 2.06. The Kier molecular flexibility index (Phi) is 6.45. The van der Waals surface area contributed by atoms with E-state index in [1.807, 2.05) is 7.05 Å². The summed E-state index contributed by atoms with van der Waals surface area (Å²) in [7, 11) is -0.0376. The third-order valence-electron chi connectivity index (χ3n) is 3.25. The highest BCUT2D eigenvalue weighted by molar-refractivity contribution is 7.93. The lowest BCUT2D eigenvalue weighted by Crippen LogP contribution is -2.47. The Hall–Kier alpha value is -1.11. The molecule has 1 saturated heterocycles. The number of nitrogens with zero attached hydrogens (tertiary/aromatic N) is 2. The number of methoxy groups -OCH3 is 1. The van der Waals surface area contributed by atoms with Crippen molar-refractivity contribution < 1.29 is 13.2 Å². The summed E-state index contributed by atoms with van der Waals surface area (Å²) in [4.78, 5) is 2.35. The molecule has 20 heavy (non-hydrogen) atoms. The van der Waals surface area contributed by atoms with Gasteiger partial charge in [-0.25, -0.2) is 8.42 Å². The zero-order chi connectivity index (χ0) is 15.2. The van der Waals surface area contributed by atoms with Gasteiger partial charge in [0.1, 0.15) is 10.7 Å². The third kappa shape index (κ3) is 3.94. The first-order chi connectivity index (χ1) is 9.47. The van der Waals surface area contributed by atoms with E-state index in [0.29, 0.717) is 25.3 Å². The minimum Gasteiger partial charge on any atom is -0.499 e. The lowest BCUT2D eigenvalue weighted by atomic mass is 10.3. The predicted octanol–water partition coefficient (Wildman–Crippen LogP) is 1.57. The van der Waals surface area contributed by atoms with Gasteiger partial charge in [-0.3, -0.25) is 0 Å². The second kappa shape index (κ2) is 7.61. The zero-order valence-electron chi connectivity index (χ0n) is 12.5. The molecule has 0 bridgehead atoms. The second-order valence-corrected chi connectivity index (χ2v) is 6.60. The van der Waals surface area contributed by atoms with Gasteiger partial charge in [0.05, 0.1) is 7.11 Å². The van der Waals surface area contributed by atoms with Crippen molar-refractivity contribution in [3.05, 3.63) is 35.5 Å². The quantitative estimate of drug-likeness (QED) is 0.424. The first-order valence-corrected chi connectivity index (χ1v) is 8.10. The van der Waals surface area contributed by atoms with Gasteiger partial charge < -0.3 is 9.64 Å². The molecule has 0 radical (unpaired) electrons. The van der Waals surface area contributed by atoms with E-state index >= 15 is 0 Å². The van der Waals surface area contributed by atoms with Crippen LogP contribution in [0.2, 0.25) is 0 Å². The topological polar surface area (TPSA) is 49.9 Å². The Morgan fingerprint density at radius 3 is 2.35 bits per heavy atom. The molecule has 0 N–H and O–H groups in total. The van der Waals surface area contributed by atoms with Crippen molar-refractivity contribution >= 4 is 10.0 Å². The van der Waals surface area contributed by atoms with Crippen LogP contribution in [0.25, 0.3) is 0 Å². The molecule has 0 aromatic carbocycles. The molecule has 5 nitrogen and oxygen atoms in total. The summed E-state index contributed by atoms with van der Waals surface area (Å²) in [6.07, 6.45) is 5.34. The summed E-state index contributed by atoms with van der Waals surface area (Å²) in [5, 5.41) is 0. The van der Waals surface area contributed by atoms with E-state index in [9.17, 15) is 8.42 Å². The monoisotopic (exact) mass is 300 g/mol. The smallest absolute Gasteiger partial charge is 0.246 e. The van der Waals surface area contributed by atoms with Gasteiger partial charge in [0, 0.05) is 32.6 Å². The lowest BCUT2D eigenvalue weighted by Gasteiger charge is -2.32. The summed E-state index contributed by atoms with van der Waals surface area (Å²) < 4.78 is 32.2. The maximum absolute atomic E-state index is 12.7. The Morgan fingerprint density at radius 2 is 1.90 bits per heavy atom. The molecule has 0 saturated carbocycles. The number of hydrogen-bond donors (Lipinski definition) is 0. The predicted molar refractivity (Wildman–Crippen MR) is 81.7 cm³/mol.